The fraction of sp³-hybridized carbons (Fsp3) is 0.292. The first-order chi connectivity index (χ1) is 16.3. The van der Waals surface area contributed by atoms with Crippen molar-refractivity contribution >= 4 is 26.8 Å². The molecule has 0 radical (unpaired) electrons. The van der Waals surface area contributed by atoms with Crippen molar-refractivity contribution in [2.45, 2.75) is 25.8 Å². The summed E-state index contributed by atoms with van der Waals surface area (Å²) in [6.45, 7) is 2.14. The van der Waals surface area contributed by atoms with Crippen molar-refractivity contribution in [2.75, 3.05) is 18.1 Å². The normalized spacial score (nSPS) is 17.3. The van der Waals surface area contributed by atoms with Crippen molar-refractivity contribution in [1.29, 1.82) is 0 Å². The number of hydrogen-bond acceptors (Lipinski definition) is 6. The maximum atomic E-state index is 13.2. The predicted octanol–water partition coefficient (Wildman–Crippen LogP) is 3.47. The van der Waals surface area contributed by atoms with Crippen LogP contribution in [0.5, 0.6) is 0 Å². The topological polar surface area (TPSA) is 107 Å². The Labute approximate surface area is 195 Å². The molecule has 3 aromatic heterocycles. The molecule has 1 aromatic carbocycles. The van der Waals surface area contributed by atoms with Gasteiger partial charge in [0.2, 0.25) is 0 Å². The van der Waals surface area contributed by atoms with Gasteiger partial charge in [0.1, 0.15) is 11.5 Å². The van der Waals surface area contributed by atoms with Crippen LogP contribution < -0.4 is 5.32 Å². The number of fused-ring (bicyclic) bond motifs is 1. The molecule has 0 saturated carbocycles. The zero-order valence-corrected chi connectivity index (χ0v) is 19.3. The lowest BCUT2D eigenvalue weighted by Crippen LogP contribution is -2.26. The standard InChI is InChI=1S/C24H23FN4O4S/c1-15-22-19(24(30)26-10-8-16-4-6-17(25)7-5-16)13-20(21-3-2-11-33-21)27-23(22)29(28-15)18-9-12-34(31,32)14-18/h2-7,11,13,18H,8-10,12,14H2,1H3,(H,26,30)/t18-/m0/s1. The molecule has 1 aliphatic rings. The van der Waals surface area contributed by atoms with Crippen LogP contribution in [0.2, 0.25) is 0 Å². The molecule has 1 saturated heterocycles. The number of nitrogens with zero attached hydrogens (tertiary/aromatic N) is 3. The number of benzene rings is 1. The summed E-state index contributed by atoms with van der Waals surface area (Å²) in [5, 5.41) is 8.09. The van der Waals surface area contributed by atoms with E-state index in [-0.39, 0.29) is 29.3 Å². The second kappa shape index (κ2) is 8.68. The first-order valence-electron chi connectivity index (χ1n) is 11.0. The fourth-order valence-corrected chi connectivity index (χ4v) is 6.02. The number of nitrogens with one attached hydrogen (secondary N) is 1. The van der Waals surface area contributed by atoms with E-state index in [2.05, 4.69) is 10.4 Å². The Hall–Kier alpha value is -3.53. The van der Waals surface area contributed by atoms with E-state index >= 15 is 0 Å². The third kappa shape index (κ3) is 4.33. The molecule has 5 rings (SSSR count). The van der Waals surface area contributed by atoms with E-state index in [1.165, 1.54) is 18.4 Å². The van der Waals surface area contributed by atoms with Crippen LogP contribution in [0, 0.1) is 12.7 Å². The monoisotopic (exact) mass is 482 g/mol. The molecule has 4 aromatic rings. The Bertz CT molecular complexity index is 1460. The number of halogens is 1. The van der Waals surface area contributed by atoms with Crippen LogP contribution in [0.3, 0.4) is 0 Å². The number of furan rings is 1. The van der Waals surface area contributed by atoms with E-state index in [1.54, 1.807) is 41.9 Å². The average Bonchev–Trinajstić information content (AvgIpc) is 3.54. The van der Waals surface area contributed by atoms with E-state index in [9.17, 15) is 17.6 Å². The van der Waals surface area contributed by atoms with Crippen molar-refractivity contribution in [2.24, 2.45) is 0 Å². The van der Waals surface area contributed by atoms with Gasteiger partial charge in [0, 0.05) is 6.54 Å². The van der Waals surface area contributed by atoms with Gasteiger partial charge in [-0.3, -0.25) is 4.79 Å². The van der Waals surface area contributed by atoms with E-state index in [0.29, 0.717) is 53.1 Å². The van der Waals surface area contributed by atoms with Gasteiger partial charge < -0.3 is 9.73 Å². The molecular formula is C24H23FN4O4S. The van der Waals surface area contributed by atoms with Gasteiger partial charge in [-0.25, -0.2) is 22.5 Å². The summed E-state index contributed by atoms with van der Waals surface area (Å²) in [5.74, 6) is -0.0161. The third-order valence-corrected chi connectivity index (χ3v) is 7.77. The number of hydrogen-bond donors (Lipinski definition) is 1. The van der Waals surface area contributed by atoms with Crippen LogP contribution in [0.15, 0.2) is 53.1 Å². The number of sulfone groups is 1. The highest BCUT2D eigenvalue weighted by Crippen LogP contribution is 2.32. The lowest BCUT2D eigenvalue weighted by atomic mass is 10.1. The highest BCUT2D eigenvalue weighted by Gasteiger charge is 2.32. The van der Waals surface area contributed by atoms with Gasteiger partial charge in [0.05, 0.1) is 40.5 Å². The summed E-state index contributed by atoms with van der Waals surface area (Å²) in [5.41, 5.74) is 2.81. The van der Waals surface area contributed by atoms with Crippen LogP contribution in [0.25, 0.3) is 22.5 Å². The predicted molar refractivity (Wildman–Crippen MR) is 125 cm³/mol. The molecule has 176 valence electrons. The zero-order chi connectivity index (χ0) is 23.9. The van der Waals surface area contributed by atoms with E-state index < -0.39 is 9.84 Å². The Morgan fingerprint density at radius 3 is 2.74 bits per heavy atom. The van der Waals surface area contributed by atoms with E-state index in [0.717, 1.165) is 5.56 Å². The molecule has 0 spiro atoms. The summed E-state index contributed by atoms with van der Waals surface area (Å²) in [4.78, 5) is 18.0. The highest BCUT2D eigenvalue weighted by atomic mass is 32.2. The summed E-state index contributed by atoms with van der Waals surface area (Å²) >= 11 is 0. The first-order valence-corrected chi connectivity index (χ1v) is 12.8. The number of carbonyl (C=O) groups is 1. The number of amides is 1. The van der Waals surface area contributed by atoms with Crippen LogP contribution in [-0.2, 0) is 16.3 Å². The van der Waals surface area contributed by atoms with Crippen molar-refractivity contribution in [1.82, 2.24) is 20.1 Å². The molecule has 4 heterocycles. The molecule has 1 amide bonds. The molecule has 8 nitrogen and oxygen atoms in total. The maximum absolute atomic E-state index is 13.2. The highest BCUT2D eigenvalue weighted by molar-refractivity contribution is 7.91. The van der Waals surface area contributed by atoms with Crippen LogP contribution in [-0.4, -0.2) is 47.1 Å². The maximum Gasteiger partial charge on any atom is 0.252 e. The van der Waals surface area contributed by atoms with Gasteiger partial charge in [-0.15, -0.1) is 0 Å². The molecular weight excluding hydrogens is 459 g/mol. The van der Waals surface area contributed by atoms with Gasteiger partial charge in [-0.2, -0.15) is 5.10 Å². The van der Waals surface area contributed by atoms with Crippen LogP contribution in [0.1, 0.15) is 34.1 Å². The Morgan fingerprint density at radius 2 is 2.06 bits per heavy atom. The number of pyridine rings is 1. The summed E-state index contributed by atoms with van der Waals surface area (Å²) < 4.78 is 44.4. The zero-order valence-electron chi connectivity index (χ0n) is 18.5. The molecule has 34 heavy (non-hydrogen) atoms. The fourth-order valence-electron chi connectivity index (χ4n) is 4.33. The first kappa shape index (κ1) is 22.3. The Morgan fingerprint density at radius 1 is 1.26 bits per heavy atom. The van der Waals surface area contributed by atoms with Gasteiger partial charge >= 0.3 is 0 Å². The number of carbonyl (C=O) groups excluding carboxylic acids is 1. The van der Waals surface area contributed by atoms with E-state index in [4.69, 9.17) is 9.40 Å². The lowest BCUT2D eigenvalue weighted by Gasteiger charge is -2.12. The molecule has 10 heteroatoms. The summed E-state index contributed by atoms with van der Waals surface area (Å²) in [6.07, 6.45) is 2.52. The lowest BCUT2D eigenvalue weighted by molar-refractivity contribution is 0.0955. The second-order valence-electron chi connectivity index (χ2n) is 8.45. The average molecular weight is 483 g/mol. The second-order valence-corrected chi connectivity index (χ2v) is 10.7. The third-order valence-electron chi connectivity index (χ3n) is 6.02. The molecule has 0 aliphatic carbocycles. The van der Waals surface area contributed by atoms with Crippen molar-refractivity contribution < 1.29 is 22.0 Å². The number of rotatable bonds is 6. The quantitative estimate of drug-likeness (QED) is 0.451. The molecule has 1 atom stereocenters. The van der Waals surface area contributed by atoms with Crippen LogP contribution in [0.4, 0.5) is 4.39 Å². The van der Waals surface area contributed by atoms with E-state index in [1.807, 2.05) is 0 Å². The molecule has 1 aliphatic heterocycles. The molecule has 0 unspecified atom stereocenters. The Balaban J connectivity index is 1.51. The van der Waals surface area contributed by atoms with Crippen molar-refractivity contribution in [3.63, 3.8) is 0 Å². The van der Waals surface area contributed by atoms with Gasteiger partial charge in [-0.05, 0) is 55.7 Å². The van der Waals surface area contributed by atoms with Crippen molar-refractivity contribution in [3.8, 4) is 11.5 Å². The largest absolute Gasteiger partial charge is 0.463 e. The van der Waals surface area contributed by atoms with Gasteiger partial charge in [-0.1, -0.05) is 12.1 Å². The molecule has 0 bridgehead atoms. The summed E-state index contributed by atoms with van der Waals surface area (Å²) in [6, 6.07) is 11.0. The number of aryl methyl sites for hydroxylation is 1. The minimum Gasteiger partial charge on any atom is -0.463 e. The summed E-state index contributed by atoms with van der Waals surface area (Å²) in [7, 11) is -3.13. The SMILES string of the molecule is Cc1nn([C@H]2CCS(=O)(=O)C2)c2nc(-c3ccco3)cc(C(=O)NCCc3ccc(F)cc3)c12. The number of aromatic nitrogens is 3. The minimum absolute atomic E-state index is 0.00488. The smallest absolute Gasteiger partial charge is 0.252 e. The molecule has 1 N–H and O–H groups in total. The minimum atomic E-state index is -3.13. The van der Waals surface area contributed by atoms with Gasteiger partial charge in [0.25, 0.3) is 5.91 Å². The van der Waals surface area contributed by atoms with Crippen LogP contribution >= 0.6 is 0 Å². The Kier molecular flexibility index (Phi) is 5.68. The van der Waals surface area contributed by atoms with Gasteiger partial charge in [0.15, 0.2) is 21.2 Å². The van der Waals surface area contributed by atoms with Crippen molar-refractivity contribution in [3.05, 3.63) is 71.4 Å². The molecule has 1 fully saturated rings.